The second kappa shape index (κ2) is 6.17. The molecule has 22 heavy (non-hydrogen) atoms. The summed E-state index contributed by atoms with van der Waals surface area (Å²) in [4.78, 5) is 27.3. The van der Waals surface area contributed by atoms with E-state index >= 15 is 0 Å². The number of urea groups is 1. The summed E-state index contributed by atoms with van der Waals surface area (Å²) in [5.41, 5.74) is -0.329. The monoisotopic (exact) mass is 307 g/mol. The Morgan fingerprint density at radius 2 is 1.73 bits per heavy atom. The Morgan fingerprint density at radius 3 is 2.23 bits per heavy atom. The van der Waals surface area contributed by atoms with Crippen LogP contribution in [0.1, 0.15) is 51.4 Å². The van der Waals surface area contributed by atoms with Crippen LogP contribution in [-0.4, -0.2) is 48.6 Å². The molecule has 0 bridgehead atoms. The average molecular weight is 307 g/mol. The number of likely N-dealkylation sites (tertiary alicyclic amines) is 1. The normalized spacial score (nSPS) is 35.5. The molecule has 0 aromatic carbocycles. The van der Waals surface area contributed by atoms with Crippen LogP contribution < -0.4 is 0 Å². The number of hydrogen-bond acceptors (Lipinski definition) is 3. The van der Waals surface area contributed by atoms with Gasteiger partial charge in [0.1, 0.15) is 5.54 Å². The molecule has 3 aliphatic rings. The van der Waals surface area contributed by atoms with E-state index in [1.54, 1.807) is 19.0 Å². The minimum absolute atomic E-state index is 0.103. The van der Waals surface area contributed by atoms with E-state index in [4.69, 9.17) is 0 Å². The van der Waals surface area contributed by atoms with E-state index in [9.17, 15) is 9.70 Å². The molecule has 0 spiro atoms. The summed E-state index contributed by atoms with van der Waals surface area (Å²) in [6.07, 6.45) is 9.32. The van der Waals surface area contributed by atoms with E-state index in [-0.39, 0.29) is 11.6 Å². The van der Waals surface area contributed by atoms with Crippen molar-refractivity contribution in [1.82, 2.24) is 9.80 Å². The molecular formula is C17H29N3O2. The lowest BCUT2D eigenvalue weighted by atomic mass is 9.78. The van der Waals surface area contributed by atoms with Crippen molar-refractivity contribution in [2.75, 3.05) is 27.2 Å². The first-order valence-electron chi connectivity index (χ1n) is 8.84. The maximum atomic E-state index is 12.1. The fraction of sp³-hybridized carbons (Fsp3) is 0.941. The number of fused-ring (bicyclic) bond motifs is 1. The number of hydrogen-bond donors (Lipinski definition) is 0. The summed E-state index contributed by atoms with van der Waals surface area (Å²) < 4.78 is 0. The van der Waals surface area contributed by atoms with Crippen LogP contribution in [0.15, 0.2) is 5.18 Å². The lowest BCUT2D eigenvalue weighted by molar-refractivity contribution is 0.173. The van der Waals surface area contributed by atoms with Gasteiger partial charge in [0.2, 0.25) is 0 Å². The second-order valence-electron chi connectivity index (χ2n) is 8.03. The molecular weight excluding hydrogens is 278 g/mol. The van der Waals surface area contributed by atoms with Gasteiger partial charge in [0.25, 0.3) is 0 Å². The Labute approximate surface area is 133 Å². The zero-order chi connectivity index (χ0) is 15.7. The van der Waals surface area contributed by atoms with E-state index in [2.05, 4.69) is 5.18 Å². The molecule has 2 amide bonds. The molecule has 0 N–H and O–H groups in total. The number of amides is 2. The van der Waals surface area contributed by atoms with Crippen molar-refractivity contribution in [3.8, 4) is 0 Å². The highest BCUT2D eigenvalue weighted by Crippen LogP contribution is 2.50. The molecule has 0 radical (unpaired) electrons. The van der Waals surface area contributed by atoms with Crippen LogP contribution >= 0.6 is 0 Å². The van der Waals surface area contributed by atoms with Gasteiger partial charge in [0.05, 0.1) is 0 Å². The molecule has 1 unspecified atom stereocenters. The van der Waals surface area contributed by atoms with Gasteiger partial charge >= 0.3 is 6.03 Å². The van der Waals surface area contributed by atoms with Gasteiger partial charge in [0, 0.05) is 27.2 Å². The van der Waals surface area contributed by atoms with Crippen molar-refractivity contribution in [3.05, 3.63) is 4.91 Å². The highest BCUT2D eigenvalue weighted by molar-refractivity contribution is 5.74. The first-order valence-corrected chi connectivity index (χ1v) is 8.84. The Morgan fingerprint density at radius 1 is 1.14 bits per heavy atom. The van der Waals surface area contributed by atoms with E-state index < -0.39 is 0 Å². The van der Waals surface area contributed by atoms with Gasteiger partial charge < -0.3 is 9.80 Å². The third-order valence-electron chi connectivity index (χ3n) is 6.10. The quantitative estimate of drug-likeness (QED) is 0.749. The Bertz CT molecular complexity index is 418. The Kier molecular flexibility index (Phi) is 4.42. The van der Waals surface area contributed by atoms with Crippen LogP contribution in [0.25, 0.3) is 0 Å². The highest BCUT2D eigenvalue weighted by atomic mass is 16.3. The minimum Gasteiger partial charge on any atom is -0.331 e. The summed E-state index contributed by atoms with van der Waals surface area (Å²) in [5.74, 6) is 1.65. The molecule has 2 saturated carbocycles. The Balaban J connectivity index is 1.60. The molecule has 3 fully saturated rings. The fourth-order valence-corrected chi connectivity index (χ4v) is 5.11. The van der Waals surface area contributed by atoms with Gasteiger partial charge in [-0.15, -0.1) is 0 Å². The number of nitroso groups, excluding NO2 is 1. The first-order chi connectivity index (χ1) is 10.5. The predicted molar refractivity (Wildman–Crippen MR) is 86.6 cm³/mol. The first kappa shape index (κ1) is 15.8. The molecule has 0 aromatic heterocycles. The van der Waals surface area contributed by atoms with Gasteiger partial charge in [-0.3, -0.25) is 0 Å². The number of carbonyl (C=O) groups is 1. The van der Waals surface area contributed by atoms with Gasteiger partial charge in [-0.1, -0.05) is 37.3 Å². The van der Waals surface area contributed by atoms with Gasteiger partial charge in [-0.05, 0) is 37.0 Å². The van der Waals surface area contributed by atoms with Crippen molar-refractivity contribution < 1.29 is 4.79 Å². The molecule has 124 valence electrons. The molecule has 2 aliphatic carbocycles. The van der Waals surface area contributed by atoms with Gasteiger partial charge in [-0.25, -0.2) is 4.79 Å². The molecule has 5 heteroatoms. The summed E-state index contributed by atoms with van der Waals surface area (Å²) in [6, 6.07) is 0.103. The smallest absolute Gasteiger partial charge is 0.319 e. The molecule has 1 saturated heterocycles. The van der Waals surface area contributed by atoms with Crippen molar-refractivity contribution in [3.63, 3.8) is 0 Å². The molecule has 3 atom stereocenters. The zero-order valence-corrected chi connectivity index (χ0v) is 14.0. The number of rotatable bonds is 3. The highest BCUT2D eigenvalue weighted by Gasteiger charge is 2.51. The number of nitrogens with zero attached hydrogens (tertiary/aromatic N) is 3. The topological polar surface area (TPSA) is 53.0 Å². The van der Waals surface area contributed by atoms with Gasteiger partial charge in [0.15, 0.2) is 0 Å². The summed E-state index contributed by atoms with van der Waals surface area (Å²) in [5, 5.41) is 3.64. The summed E-state index contributed by atoms with van der Waals surface area (Å²) >= 11 is 0. The summed E-state index contributed by atoms with van der Waals surface area (Å²) in [7, 11) is 3.60. The molecule has 1 aliphatic heterocycles. The van der Waals surface area contributed by atoms with Crippen LogP contribution in [-0.2, 0) is 0 Å². The molecule has 1 heterocycles. The van der Waals surface area contributed by atoms with Crippen molar-refractivity contribution in [2.45, 2.75) is 56.9 Å². The predicted octanol–water partition coefficient (Wildman–Crippen LogP) is 3.49. The lowest BCUT2D eigenvalue weighted by Gasteiger charge is -2.31. The molecule has 5 nitrogen and oxygen atoms in total. The van der Waals surface area contributed by atoms with Crippen molar-refractivity contribution >= 4 is 6.03 Å². The van der Waals surface area contributed by atoms with Crippen LogP contribution in [0.3, 0.4) is 0 Å². The molecule has 0 aromatic rings. The number of carbonyl (C=O) groups excluding carboxylic acids is 1. The lowest BCUT2D eigenvalue weighted by Crippen LogP contribution is -2.39. The largest absolute Gasteiger partial charge is 0.331 e. The maximum Gasteiger partial charge on any atom is 0.319 e. The van der Waals surface area contributed by atoms with Crippen LogP contribution in [0.2, 0.25) is 0 Å². The van der Waals surface area contributed by atoms with E-state index in [0.717, 1.165) is 32.4 Å². The minimum atomic E-state index is -0.329. The average Bonchev–Trinajstić information content (AvgIpc) is 3.03. The SMILES string of the molecule is CN(C)C(=O)N1C[C@@H]2CC(CC3CCCCC3)(N=O)C[C@@H]2C1. The molecule has 3 rings (SSSR count). The summed E-state index contributed by atoms with van der Waals surface area (Å²) in [6.45, 7) is 1.62. The zero-order valence-electron chi connectivity index (χ0n) is 14.0. The third-order valence-corrected chi connectivity index (χ3v) is 6.10. The Hall–Kier alpha value is -1.13. The van der Waals surface area contributed by atoms with E-state index in [1.165, 1.54) is 32.1 Å². The van der Waals surface area contributed by atoms with Crippen molar-refractivity contribution in [2.24, 2.45) is 22.9 Å². The van der Waals surface area contributed by atoms with Gasteiger partial charge in [-0.2, -0.15) is 4.91 Å². The van der Waals surface area contributed by atoms with E-state index in [0.29, 0.717) is 17.8 Å². The maximum absolute atomic E-state index is 12.1. The fourth-order valence-electron chi connectivity index (χ4n) is 5.11. The van der Waals surface area contributed by atoms with Crippen LogP contribution in [0, 0.1) is 22.7 Å². The standard InChI is InChI=1S/C17H29N3O2/c1-19(2)16(21)20-11-14-9-17(18-22,10-15(14)12-20)8-13-6-4-3-5-7-13/h13-15H,3-12H2,1-2H3/t14-,15+,17?. The third kappa shape index (κ3) is 2.99. The van der Waals surface area contributed by atoms with E-state index in [1.807, 2.05) is 4.90 Å². The van der Waals surface area contributed by atoms with Crippen molar-refractivity contribution in [1.29, 1.82) is 0 Å². The van der Waals surface area contributed by atoms with Crippen LogP contribution in [0.5, 0.6) is 0 Å². The second-order valence-corrected chi connectivity index (χ2v) is 8.03. The van der Waals surface area contributed by atoms with Crippen LogP contribution in [0.4, 0.5) is 4.79 Å².